The highest BCUT2D eigenvalue weighted by Gasteiger charge is 2.24. The molecule has 0 unspecified atom stereocenters. The maximum Gasteiger partial charge on any atom is 0.273 e. The largest absolute Gasteiger partial charge is 0.486 e. The monoisotopic (exact) mass is 345 g/mol. The minimum Gasteiger partial charge on any atom is -0.486 e. The molecule has 0 aliphatic carbocycles. The summed E-state index contributed by atoms with van der Waals surface area (Å²) in [5, 5.41) is 2.54. The van der Waals surface area contributed by atoms with Gasteiger partial charge in [-0.05, 0) is 12.1 Å². The molecular weight excluding hydrogens is 326 g/mol. The molecule has 0 radical (unpaired) electrons. The van der Waals surface area contributed by atoms with Gasteiger partial charge in [0.15, 0.2) is 0 Å². The second kappa shape index (κ2) is 7.44. The van der Waals surface area contributed by atoms with E-state index < -0.39 is 0 Å². The highest BCUT2D eigenvalue weighted by Crippen LogP contribution is 2.16. The molecule has 1 aromatic heterocycles. The molecule has 24 heavy (non-hydrogen) atoms. The number of nitrogens with zero attached hydrogens (tertiary/aromatic N) is 3. The number of para-hydroxylation sites is 1. The Morgan fingerprint density at radius 1 is 1.12 bits per heavy atom. The maximum atomic E-state index is 12.5. The lowest BCUT2D eigenvalue weighted by molar-refractivity contribution is -0.130. The Hall–Kier alpha value is -2.41. The molecule has 2 amide bonds. The fourth-order valence-electron chi connectivity index (χ4n) is 2.52. The number of benzene rings is 1. The van der Waals surface area contributed by atoms with Crippen LogP contribution in [0.15, 0.2) is 35.7 Å². The average molecular weight is 345 g/mol. The predicted octanol–water partition coefficient (Wildman–Crippen LogP) is 2.03. The van der Waals surface area contributed by atoms with Crippen LogP contribution in [-0.2, 0) is 11.4 Å². The van der Waals surface area contributed by atoms with Crippen LogP contribution in [0, 0.1) is 0 Å². The van der Waals surface area contributed by atoms with E-state index in [1.54, 1.807) is 22.1 Å². The van der Waals surface area contributed by atoms with Crippen molar-refractivity contribution >= 4 is 23.2 Å². The summed E-state index contributed by atoms with van der Waals surface area (Å²) in [5.41, 5.74) is 0.447. The van der Waals surface area contributed by atoms with Gasteiger partial charge in [-0.25, -0.2) is 4.98 Å². The summed E-state index contributed by atoms with van der Waals surface area (Å²) in [6.45, 7) is 4.15. The van der Waals surface area contributed by atoms with Gasteiger partial charge in [0.25, 0.3) is 5.91 Å². The van der Waals surface area contributed by atoms with Gasteiger partial charge in [-0.1, -0.05) is 18.2 Å². The van der Waals surface area contributed by atoms with Crippen molar-refractivity contribution in [1.82, 2.24) is 14.8 Å². The number of carbonyl (C=O) groups excluding carboxylic acids is 2. The zero-order valence-corrected chi connectivity index (χ0v) is 14.3. The van der Waals surface area contributed by atoms with Gasteiger partial charge in [0.05, 0.1) is 0 Å². The third-order valence-corrected chi connectivity index (χ3v) is 4.71. The van der Waals surface area contributed by atoms with Crippen molar-refractivity contribution in [3.05, 3.63) is 46.4 Å². The number of piperazine rings is 1. The zero-order valence-electron chi connectivity index (χ0n) is 13.5. The van der Waals surface area contributed by atoms with Crippen LogP contribution in [0.5, 0.6) is 5.75 Å². The van der Waals surface area contributed by atoms with Gasteiger partial charge in [0.1, 0.15) is 23.1 Å². The first-order valence-electron chi connectivity index (χ1n) is 7.80. The Morgan fingerprint density at radius 2 is 1.79 bits per heavy atom. The number of amides is 2. The second-order valence-electron chi connectivity index (χ2n) is 5.53. The molecule has 2 heterocycles. The van der Waals surface area contributed by atoms with Crippen LogP contribution < -0.4 is 4.74 Å². The summed E-state index contributed by atoms with van der Waals surface area (Å²) in [7, 11) is 0. The molecule has 2 aromatic rings. The van der Waals surface area contributed by atoms with E-state index in [1.807, 2.05) is 30.3 Å². The van der Waals surface area contributed by atoms with Crippen molar-refractivity contribution in [3.8, 4) is 5.75 Å². The minimum atomic E-state index is -0.0830. The lowest BCUT2D eigenvalue weighted by Gasteiger charge is -2.33. The first kappa shape index (κ1) is 16.4. The normalized spacial score (nSPS) is 14.5. The van der Waals surface area contributed by atoms with Crippen LogP contribution >= 0.6 is 11.3 Å². The van der Waals surface area contributed by atoms with Crippen LogP contribution in [0.1, 0.15) is 22.4 Å². The summed E-state index contributed by atoms with van der Waals surface area (Å²) >= 11 is 1.42. The molecule has 0 spiro atoms. The van der Waals surface area contributed by atoms with Gasteiger partial charge in [-0.2, -0.15) is 0 Å². The molecule has 3 rings (SSSR count). The molecular formula is C17H19N3O3S. The SMILES string of the molecule is CC(=O)N1CCN(C(=O)c2csc(COc3ccccc3)n2)CC1. The third-order valence-electron chi connectivity index (χ3n) is 3.89. The van der Waals surface area contributed by atoms with Crippen LogP contribution in [0.2, 0.25) is 0 Å². The molecule has 0 bridgehead atoms. The zero-order chi connectivity index (χ0) is 16.9. The number of thiazole rings is 1. The Bertz CT molecular complexity index is 709. The fourth-order valence-corrected chi connectivity index (χ4v) is 3.20. The lowest BCUT2D eigenvalue weighted by Crippen LogP contribution is -2.50. The van der Waals surface area contributed by atoms with Crippen LogP contribution in [0.4, 0.5) is 0 Å². The highest BCUT2D eigenvalue weighted by atomic mass is 32.1. The van der Waals surface area contributed by atoms with Crippen molar-refractivity contribution in [2.75, 3.05) is 26.2 Å². The smallest absolute Gasteiger partial charge is 0.273 e. The third kappa shape index (κ3) is 3.91. The van der Waals surface area contributed by atoms with E-state index in [9.17, 15) is 9.59 Å². The maximum absolute atomic E-state index is 12.5. The van der Waals surface area contributed by atoms with Gasteiger partial charge in [-0.15, -0.1) is 11.3 Å². The molecule has 126 valence electrons. The molecule has 6 nitrogen and oxygen atoms in total. The fraction of sp³-hybridized carbons (Fsp3) is 0.353. The minimum absolute atomic E-state index is 0.0519. The summed E-state index contributed by atoms with van der Waals surface area (Å²) in [4.78, 5) is 31.7. The number of rotatable bonds is 4. The summed E-state index contributed by atoms with van der Waals surface area (Å²) in [6.07, 6.45) is 0. The van der Waals surface area contributed by atoms with E-state index in [1.165, 1.54) is 11.3 Å². The van der Waals surface area contributed by atoms with Crippen LogP contribution in [0.25, 0.3) is 0 Å². The quantitative estimate of drug-likeness (QED) is 0.851. The first-order valence-corrected chi connectivity index (χ1v) is 8.68. The molecule has 1 aromatic carbocycles. The molecule has 0 N–H and O–H groups in total. The lowest BCUT2D eigenvalue weighted by atomic mass is 10.3. The standard InChI is InChI=1S/C17H19N3O3S/c1-13(21)19-7-9-20(10-8-19)17(22)15-12-24-16(18-15)11-23-14-5-3-2-4-6-14/h2-6,12H,7-11H2,1H3. The van der Waals surface area contributed by atoms with Crippen LogP contribution in [-0.4, -0.2) is 52.8 Å². The number of ether oxygens (including phenoxy) is 1. The topological polar surface area (TPSA) is 62.7 Å². The van der Waals surface area contributed by atoms with Crippen molar-refractivity contribution in [2.24, 2.45) is 0 Å². The molecule has 1 aliphatic rings. The van der Waals surface area contributed by atoms with Crippen molar-refractivity contribution in [3.63, 3.8) is 0 Å². The molecule has 1 aliphatic heterocycles. The number of hydrogen-bond donors (Lipinski definition) is 0. The highest BCUT2D eigenvalue weighted by molar-refractivity contribution is 7.09. The second-order valence-corrected chi connectivity index (χ2v) is 6.47. The average Bonchev–Trinajstić information content (AvgIpc) is 3.09. The molecule has 7 heteroatoms. The van der Waals surface area contributed by atoms with E-state index in [2.05, 4.69) is 4.98 Å². The molecule has 1 saturated heterocycles. The summed E-state index contributed by atoms with van der Waals surface area (Å²) in [5.74, 6) is 0.748. The van der Waals surface area contributed by atoms with Crippen molar-refractivity contribution in [1.29, 1.82) is 0 Å². The molecule has 0 saturated carbocycles. The predicted molar refractivity (Wildman–Crippen MR) is 91.0 cm³/mol. The van der Waals surface area contributed by atoms with Crippen molar-refractivity contribution < 1.29 is 14.3 Å². The Morgan fingerprint density at radius 3 is 2.46 bits per heavy atom. The Labute approximate surface area is 144 Å². The van der Waals surface area contributed by atoms with Gasteiger partial charge in [-0.3, -0.25) is 9.59 Å². The van der Waals surface area contributed by atoms with Crippen LogP contribution in [0.3, 0.4) is 0 Å². The Balaban J connectivity index is 1.55. The summed E-state index contributed by atoms with van der Waals surface area (Å²) < 4.78 is 5.65. The van der Waals surface area contributed by atoms with Gasteiger partial charge in [0, 0.05) is 38.5 Å². The number of carbonyl (C=O) groups is 2. The molecule has 1 fully saturated rings. The van der Waals surface area contributed by atoms with E-state index in [0.29, 0.717) is 38.5 Å². The van der Waals surface area contributed by atoms with Crippen molar-refractivity contribution in [2.45, 2.75) is 13.5 Å². The van der Waals surface area contributed by atoms with Gasteiger partial charge >= 0.3 is 0 Å². The van der Waals surface area contributed by atoms with E-state index in [-0.39, 0.29) is 11.8 Å². The number of hydrogen-bond acceptors (Lipinski definition) is 5. The first-order chi connectivity index (χ1) is 11.6. The number of aromatic nitrogens is 1. The van der Waals surface area contributed by atoms with E-state index >= 15 is 0 Å². The van der Waals surface area contributed by atoms with Gasteiger partial charge < -0.3 is 14.5 Å². The van der Waals surface area contributed by atoms with Gasteiger partial charge in [0.2, 0.25) is 5.91 Å². The Kier molecular flexibility index (Phi) is 5.10. The van der Waals surface area contributed by atoms with E-state index in [0.717, 1.165) is 10.8 Å². The molecule has 0 atom stereocenters. The van der Waals surface area contributed by atoms with E-state index in [4.69, 9.17) is 4.74 Å². The summed E-state index contributed by atoms with van der Waals surface area (Å²) in [6, 6.07) is 9.51.